The number of rotatable bonds is 10. The predicted octanol–water partition coefficient (Wildman–Crippen LogP) is 3.10. The van der Waals surface area contributed by atoms with Gasteiger partial charge in [-0.3, -0.25) is 19.3 Å². The van der Waals surface area contributed by atoms with E-state index in [-0.39, 0.29) is 26.1 Å². The monoisotopic (exact) mass is 484 g/mol. The van der Waals surface area contributed by atoms with Crippen molar-refractivity contribution in [3.05, 3.63) is 108 Å². The van der Waals surface area contributed by atoms with Gasteiger partial charge in [0.1, 0.15) is 12.6 Å². The predicted molar refractivity (Wildman–Crippen MR) is 134 cm³/mol. The average Bonchev–Trinajstić information content (AvgIpc) is 3.12. The lowest BCUT2D eigenvalue weighted by molar-refractivity contribution is -0.138. The lowest BCUT2D eigenvalue weighted by Gasteiger charge is -2.25. The third-order valence-corrected chi connectivity index (χ3v) is 6.09. The number of nitrogens with two attached hydrogens (primary N) is 1. The maximum atomic E-state index is 13.5. The third-order valence-electron chi connectivity index (χ3n) is 6.09. The van der Waals surface area contributed by atoms with Gasteiger partial charge in [-0.15, -0.1) is 0 Å². The fraction of sp³-hybridized carbons (Fsp3) is 0.214. The van der Waals surface area contributed by atoms with Crippen molar-refractivity contribution in [2.24, 2.45) is 5.73 Å². The molecule has 0 aliphatic carbocycles. The summed E-state index contributed by atoms with van der Waals surface area (Å²) in [6, 6.07) is 26.4. The third kappa shape index (κ3) is 5.78. The molecule has 1 unspecified atom stereocenters. The summed E-state index contributed by atoms with van der Waals surface area (Å²) in [5, 5.41) is 0. The number of primary amides is 1. The Morgan fingerprint density at radius 1 is 0.806 bits per heavy atom. The summed E-state index contributed by atoms with van der Waals surface area (Å²) in [7, 11) is 0. The summed E-state index contributed by atoms with van der Waals surface area (Å²) in [6.07, 6.45) is -0.0206. The number of nitrogens with zero attached hydrogens (tertiary/aromatic N) is 3. The first-order chi connectivity index (χ1) is 17.4. The van der Waals surface area contributed by atoms with Crippen LogP contribution in [0.3, 0.4) is 0 Å². The molecule has 1 aliphatic heterocycles. The molecular formula is C28H28N4O4. The topological polar surface area (TPSA) is 104 Å². The average molecular weight is 485 g/mol. The fourth-order valence-corrected chi connectivity index (χ4v) is 4.26. The van der Waals surface area contributed by atoms with Gasteiger partial charge >= 0.3 is 6.03 Å². The molecule has 3 aromatic carbocycles. The van der Waals surface area contributed by atoms with Crippen LogP contribution >= 0.6 is 0 Å². The van der Waals surface area contributed by atoms with Crippen molar-refractivity contribution in [2.75, 3.05) is 13.1 Å². The Bertz CT molecular complexity index is 1220. The molecule has 0 radical (unpaired) electrons. The van der Waals surface area contributed by atoms with E-state index in [2.05, 4.69) is 0 Å². The van der Waals surface area contributed by atoms with Gasteiger partial charge in [0.05, 0.1) is 0 Å². The van der Waals surface area contributed by atoms with Gasteiger partial charge in [0.25, 0.3) is 5.91 Å². The summed E-state index contributed by atoms with van der Waals surface area (Å²) >= 11 is 0. The quantitative estimate of drug-likeness (QED) is 0.447. The number of carbonyl (C=O) groups is 4. The first-order valence-corrected chi connectivity index (χ1v) is 11.7. The Hall–Kier alpha value is -4.46. The van der Waals surface area contributed by atoms with Gasteiger partial charge in [-0.2, -0.15) is 0 Å². The largest absolute Gasteiger partial charge is 0.370 e. The lowest BCUT2D eigenvalue weighted by atomic mass is 10.1. The highest BCUT2D eigenvalue weighted by molar-refractivity contribution is 6.06. The van der Waals surface area contributed by atoms with Crippen LogP contribution in [0.5, 0.6) is 0 Å². The van der Waals surface area contributed by atoms with Gasteiger partial charge in [-0.25, -0.2) is 4.79 Å². The first kappa shape index (κ1) is 24.7. The minimum Gasteiger partial charge on any atom is -0.370 e. The molecule has 0 saturated carbocycles. The number of benzene rings is 3. The molecule has 0 spiro atoms. The van der Waals surface area contributed by atoms with E-state index < -0.39 is 36.3 Å². The highest BCUT2D eigenvalue weighted by Gasteiger charge is 2.46. The van der Waals surface area contributed by atoms with E-state index in [0.717, 1.165) is 16.0 Å². The summed E-state index contributed by atoms with van der Waals surface area (Å²) in [5.74, 6) is -1.42. The van der Waals surface area contributed by atoms with Crippen molar-refractivity contribution in [3.63, 3.8) is 0 Å². The van der Waals surface area contributed by atoms with Crippen LogP contribution < -0.4 is 5.73 Å². The molecule has 2 N–H and O–H groups in total. The Labute approximate surface area is 209 Å². The smallest absolute Gasteiger partial charge is 0.328 e. The second kappa shape index (κ2) is 11.3. The van der Waals surface area contributed by atoms with E-state index in [9.17, 15) is 19.2 Å². The number of imide groups is 1. The molecule has 1 aliphatic rings. The van der Waals surface area contributed by atoms with Crippen LogP contribution in [0.4, 0.5) is 4.79 Å². The number of carbonyl (C=O) groups excluding carboxylic acids is 4. The highest BCUT2D eigenvalue weighted by atomic mass is 16.2. The van der Waals surface area contributed by atoms with E-state index in [1.807, 2.05) is 78.9 Å². The van der Waals surface area contributed by atoms with Gasteiger partial charge in [-0.1, -0.05) is 91.0 Å². The summed E-state index contributed by atoms with van der Waals surface area (Å²) in [5.41, 5.74) is 7.73. The second-order valence-corrected chi connectivity index (χ2v) is 8.65. The Kier molecular flexibility index (Phi) is 7.75. The zero-order valence-corrected chi connectivity index (χ0v) is 19.8. The van der Waals surface area contributed by atoms with E-state index in [1.54, 1.807) is 12.1 Å². The van der Waals surface area contributed by atoms with Crippen molar-refractivity contribution < 1.29 is 19.2 Å². The van der Waals surface area contributed by atoms with Crippen LogP contribution in [0.25, 0.3) is 0 Å². The molecule has 1 fully saturated rings. The van der Waals surface area contributed by atoms with Crippen LogP contribution in [0.15, 0.2) is 91.0 Å². The molecule has 8 nitrogen and oxygen atoms in total. The molecule has 1 atom stereocenters. The van der Waals surface area contributed by atoms with E-state index in [0.29, 0.717) is 5.56 Å². The number of urea groups is 1. The van der Waals surface area contributed by atoms with Crippen LogP contribution in [0.2, 0.25) is 0 Å². The van der Waals surface area contributed by atoms with Gasteiger partial charge in [-0.05, 0) is 16.7 Å². The lowest BCUT2D eigenvalue weighted by Crippen LogP contribution is -2.44. The molecule has 36 heavy (non-hydrogen) atoms. The van der Waals surface area contributed by atoms with Crippen LogP contribution in [-0.4, -0.2) is 51.5 Å². The Morgan fingerprint density at radius 2 is 1.36 bits per heavy atom. The normalized spacial score (nSPS) is 15.3. The number of hydrogen-bond acceptors (Lipinski definition) is 4. The summed E-state index contributed by atoms with van der Waals surface area (Å²) < 4.78 is 0. The van der Waals surface area contributed by atoms with E-state index in [1.165, 1.54) is 9.80 Å². The van der Waals surface area contributed by atoms with Crippen LogP contribution in [0.1, 0.15) is 29.2 Å². The SMILES string of the molecule is NC(=O)CCN(Cc1ccccc1)C(=O)CN1C(=O)C(c2ccccc2)N(Cc2ccccc2)C1=O. The van der Waals surface area contributed by atoms with E-state index in [4.69, 9.17) is 5.73 Å². The number of hydrogen-bond donors (Lipinski definition) is 1. The van der Waals surface area contributed by atoms with Crippen LogP contribution in [0, 0.1) is 0 Å². The van der Waals surface area contributed by atoms with Crippen molar-refractivity contribution in [3.8, 4) is 0 Å². The van der Waals surface area contributed by atoms with Crippen LogP contribution in [-0.2, 0) is 27.5 Å². The zero-order valence-electron chi connectivity index (χ0n) is 19.8. The van der Waals surface area contributed by atoms with Crippen molar-refractivity contribution >= 4 is 23.8 Å². The second-order valence-electron chi connectivity index (χ2n) is 8.65. The van der Waals surface area contributed by atoms with E-state index >= 15 is 0 Å². The number of amides is 5. The standard InChI is InChI=1S/C28H28N4O4/c29-24(33)16-17-30(18-21-10-4-1-5-11-21)25(34)20-32-27(35)26(23-14-8-3-9-15-23)31(28(32)36)19-22-12-6-2-7-13-22/h1-15,26H,16-20H2,(H2,29,33). The molecule has 4 rings (SSSR count). The molecule has 8 heteroatoms. The van der Waals surface area contributed by atoms with Crippen molar-refractivity contribution in [2.45, 2.75) is 25.6 Å². The first-order valence-electron chi connectivity index (χ1n) is 11.7. The minimum absolute atomic E-state index is 0.0206. The molecular weight excluding hydrogens is 456 g/mol. The van der Waals surface area contributed by atoms with Gasteiger partial charge in [0.15, 0.2) is 0 Å². The molecule has 184 valence electrons. The maximum Gasteiger partial charge on any atom is 0.328 e. The Morgan fingerprint density at radius 3 is 1.94 bits per heavy atom. The van der Waals surface area contributed by atoms with Gasteiger partial charge in [0, 0.05) is 26.1 Å². The molecule has 3 aromatic rings. The van der Waals surface area contributed by atoms with Crippen molar-refractivity contribution in [1.82, 2.24) is 14.7 Å². The minimum atomic E-state index is -0.833. The maximum absolute atomic E-state index is 13.5. The Balaban J connectivity index is 1.58. The fourth-order valence-electron chi connectivity index (χ4n) is 4.26. The van der Waals surface area contributed by atoms with Gasteiger partial charge < -0.3 is 15.5 Å². The van der Waals surface area contributed by atoms with Crippen molar-refractivity contribution in [1.29, 1.82) is 0 Å². The molecule has 0 aromatic heterocycles. The van der Waals surface area contributed by atoms with Gasteiger partial charge in [0.2, 0.25) is 11.8 Å². The molecule has 5 amide bonds. The highest BCUT2D eigenvalue weighted by Crippen LogP contribution is 2.32. The molecule has 1 saturated heterocycles. The zero-order chi connectivity index (χ0) is 25.5. The molecule has 1 heterocycles. The summed E-state index contributed by atoms with van der Waals surface area (Å²) in [4.78, 5) is 55.7. The molecule has 0 bridgehead atoms. The summed E-state index contributed by atoms with van der Waals surface area (Å²) in [6.45, 7) is 0.136.